The van der Waals surface area contributed by atoms with Crippen molar-refractivity contribution < 1.29 is 9.53 Å². The lowest BCUT2D eigenvalue weighted by molar-refractivity contribution is -0.133. The molecule has 0 saturated carbocycles. The zero-order valence-electron chi connectivity index (χ0n) is 16.5. The maximum atomic E-state index is 12.9. The molecule has 2 aromatic rings. The number of fused-ring (bicyclic) bond motifs is 1. The van der Waals surface area contributed by atoms with Gasteiger partial charge in [-0.15, -0.1) is 11.3 Å². The summed E-state index contributed by atoms with van der Waals surface area (Å²) in [6.07, 6.45) is 2.06. The van der Waals surface area contributed by atoms with Crippen LogP contribution in [0.4, 0.5) is 0 Å². The Kier molecular flexibility index (Phi) is 6.91. The molecule has 146 valence electrons. The topological polar surface area (TPSA) is 41.6 Å². The lowest BCUT2D eigenvalue weighted by Crippen LogP contribution is -2.46. The van der Waals surface area contributed by atoms with Crippen LogP contribution in [0, 0.1) is 12.8 Å². The van der Waals surface area contributed by atoms with E-state index in [2.05, 4.69) is 43.6 Å². The molecule has 1 aliphatic heterocycles. The van der Waals surface area contributed by atoms with Gasteiger partial charge in [-0.25, -0.2) is 0 Å². The predicted molar refractivity (Wildman–Crippen MR) is 111 cm³/mol. The highest BCUT2D eigenvalue weighted by Gasteiger charge is 2.31. The maximum Gasteiger partial charge on any atom is 0.237 e. The lowest BCUT2D eigenvalue weighted by atomic mass is 10.0. The average Bonchev–Trinajstić information content (AvgIpc) is 3.14. The molecule has 1 aliphatic rings. The summed E-state index contributed by atoms with van der Waals surface area (Å²) in [6, 6.07) is 10.2. The maximum absolute atomic E-state index is 12.9. The molecule has 0 spiro atoms. The van der Waals surface area contributed by atoms with Crippen molar-refractivity contribution in [3.63, 3.8) is 0 Å². The van der Waals surface area contributed by atoms with Crippen molar-refractivity contribution in [1.29, 1.82) is 0 Å². The average molecular weight is 387 g/mol. The Bertz CT molecular complexity index is 758. The van der Waals surface area contributed by atoms with E-state index in [1.165, 1.54) is 16.0 Å². The quantitative estimate of drug-likeness (QED) is 0.739. The number of nitrogens with zero attached hydrogens (tertiary/aromatic N) is 1. The molecule has 0 aliphatic carbocycles. The number of ether oxygens (including phenoxy) is 1. The number of benzene rings is 1. The second-order valence-electron chi connectivity index (χ2n) is 7.42. The van der Waals surface area contributed by atoms with Crippen molar-refractivity contribution in [2.75, 3.05) is 26.2 Å². The van der Waals surface area contributed by atoms with Gasteiger partial charge >= 0.3 is 0 Å². The Morgan fingerprint density at radius 1 is 1.41 bits per heavy atom. The summed E-state index contributed by atoms with van der Waals surface area (Å²) in [4.78, 5) is 16.3. The van der Waals surface area contributed by atoms with E-state index in [1.54, 1.807) is 11.3 Å². The molecule has 1 aromatic heterocycles. The number of amides is 1. The number of carbonyl (C=O) groups is 1. The molecule has 3 rings (SSSR count). The number of hydrogen-bond donors (Lipinski definition) is 1. The van der Waals surface area contributed by atoms with Crippen molar-refractivity contribution in [3.8, 4) is 5.75 Å². The fourth-order valence-electron chi connectivity index (χ4n) is 3.43. The smallest absolute Gasteiger partial charge is 0.237 e. The van der Waals surface area contributed by atoms with Gasteiger partial charge in [-0.3, -0.25) is 4.79 Å². The molecule has 4 nitrogen and oxygen atoms in total. The van der Waals surface area contributed by atoms with Crippen LogP contribution in [-0.4, -0.2) is 37.0 Å². The molecular weight excluding hydrogens is 356 g/mol. The Morgan fingerprint density at radius 2 is 2.26 bits per heavy atom. The van der Waals surface area contributed by atoms with Crippen molar-refractivity contribution in [2.45, 2.75) is 39.7 Å². The van der Waals surface area contributed by atoms with Gasteiger partial charge in [0.15, 0.2) is 0 Å². The number of nitrogens with one attached hydrogen (secondary N) is 1. The highest BCUT2D eigenvalue weighted by atomic mass is 32.1. The molecule has 27 heavy (non-hydrogen) atoms. The minimum atomic E-state index is -0.0154. The fourth-order valence-corrected chi connectivity index (χ4v) is 4.35. The summed E-state index contributed by atoms with van der Waals surface area (Å²) < 4.78 is 6.08. The van der Waals surface area contributed by atoms with Crippen LogP contribution in [0.25, 0.3) is 0 Å². The van der Waals surface area contributed by atoms with E-state index in [9.17, 15) is 4.79 Å². The van der Waals surface area contributed by atoms with E-state index in [1.807, 2.05) is 23.1 Å². The monoisotopic (exact) mass is 386 g/mol. The molecular formula is C22H30N2O2S. The van der Waals surface area contributed by atoms with E-state index in [4.69, 9.17) is 4.74 Å². The van der Waals surface area contributed by atoms with Gasteiger partial charge in [-0.05, 0) is 60.5 Å². The van der Waals surface area contributed by atoms with Crippen molar-refractivity contribution in [2.24, 2.45) is 5.92 Å². The van der Waals surface area contributed by atoms with Gasteiger partial charge in [-0.2, -0.15) is 0 Å². The lowest BCUT2D eigenvalue weighted by Gasteiger charge is -2.36. The SMILES string of the molecule is CC[C@H](C)CNCC(=O)N1CCc2sccc2[C@@H]1COc1cccc(C)c1. The minimum absolute atomic E-state index is 0.0154. The zero-order valence-corrected chi connectivity index (χ0v) is 17.3. The molecule has 1 aromatic carbocycles. The van der Waals surface area contributed by atoms with Crippen LogP contribution in [0.15, 0.2) is 35.7 Å². The largest absolute Gasteiger partial charge is 0.491 e. The Morgan fingerprint density at radius 3 is 3.04 bits per heavy atom. The number of carbonyl (C=O) groups excluding carboxylic acids is 1. The summed E-state index contributed by atoms with van der Waals surface area (Å²) >= 11 is 1.78. The van der Waals surface area contributed by atoms with E-state index in [0.29, 0.717) is 19.1 Å². The first kappa shape index (κ1) is 19.9. The predicted octanol–water partition coefficient (Wildman–Crippen LogP) is 4.20. The van der Waals surface area contributed by atoms with Crippen LogP contribution in [-0.2, 0) is 11.2 Å². The van der Waals surface area contributed by atoms with Gasteiger partial charge in [0, 0.05) is 11.4 Å². The molecule has 0 fully saturated rings. The van der Waals surface area contributed by atoms with Crippen LogP contribution >= 0.6 is 11.3 Å². The normalized spacial score (nSPS) is 17.4. The molecule has 1 amide bonds. The Balaban J connectivity index is 1.67. The second kappa shape index (κ2) is 9.38. The molecule has 2 atom stereocenters. The Hall–Kier alpha value is -1.85. The Labute approximate surface area is 166 Å². The number of thiophene rings is 1. The first-order valence-electron chi connectivity index (χ1n) is 9.84. The van der Waals surface area contributed by atoms with Gasteiger partial charge < -0.3 is 15.0 Å². The third kappa shape index (κ3) is 5.11. The summed E-state index contributed by atoms with van der Waals surface area (Å²) in [5.41, 5.74) is 2.42. The zero-order chi connectivity index (χ0) is 19.2. The van der Waals surface area contributed by atoms with Crippen molar-refractivity contribution in [1.82, 2.24) is 10.2 Å². The van der Waals surface area contributed by atoms with Crippen LogP contribution in [0.1, 0.15) is 42.3 Å². The summed E-state index contributed by atoms with van der Waals surface area (Å²) in [5.74, 6) is 1.61. The van der Waals surface area contributed by atoms with Gasteiger partial charge in [0.05, 0.1) is 12.6 Å². The fraction of sp³-hybridized carbons (Fsp3) is 0.500. The molecule has 0 unspecified atom stereocenters. The van der Waals surface area contributed by atoms with Crippen LogP contribution in [0.3, 0.4) is 0 Å². The van der Waals surface area contributed by atoms with Crippen molar-refractivity contribution >= 4 is 17.2 Å². The van der Waals surface area contributed by atoms with E-state index >= 15 is 0 Å². The van der Waals surface area contributed by atoms with Gasteiger partial charge in [-0.1, -0.05) is 32.4 Å². The summed E-state index contributed by atoms with van der Waals surface area (Å²) in [6.45, 7) is 8.96. The van der Waals surface area contributed by atoms with Gasteiger partial charge in [0.1, 0.15) is 12.4 Å². The van der Waals surface area contributed by atoms with E-state index in [-0.39, 0.29) is 11.9 Å². The minimum Gasteiger partial charge on any atom is -0.491 e. The number of hydrogen-bond acceptors (Lipinski definition) is 4. The second-order valence-corrected chi connectivity index (χ2v) is 8.42. The first-order chi connectivity index (χ1) is 13.1. The third-order valence-electron chi connectivity index (χ3n) is 5.28. The molecule has 1 N–H and O–H groups in total. The molecule has 0 saturated heterocycles. The number of aryl methyl sites for hydroxylation is 1. The number of rotatable bonds is 8. The summed E-state index contributed by atoms with van der Waals surface area (Å²) in [5, 5.41) is 5.45. The van der Waals surface area contributed by atoms with Crippen molar-refractivity contribution in [3.05, 3.63) is 51.7 Å². The molecule has 0 radical (unpaired) electrons. The standard InChI is InChI=1S/C22H30N2O2S/c1-4-16(2)13-23-14-22(25)24-10-8-21-19(9-11-27-21)20(24)15-26-18-7-5-6-17(3)12-18/h5-7,9,11-12,16,20,23H,4,8,10,13-15H2,1-3H3/t16-,20-/m0/s1. The van der Waals surface area contributed by atoms with Crippen LogP contribution < -0.4 is 10.1 Å². The third-order valence-corrected chi connectivity index (χ3v) is 6.28. The van der Waals surface area contributed by atoms with Gasteiger partial charge in [0.25, 0.3) is 0 Å². The molecule has 2 heterocycles. The van der Waals surface area contributed by atoms with E-state index < -0.39 is 0 Å². The molecule has 5 heteroatoms. The highest BCUT2D eigenvalue weighted by molar-refractivity contribution is 7.10. The molecule has 0 bridgehead atoms. The first-order valence-corrected chi connectivity index (χ1v) is 10.7. The summed E-state index contributed by atoms with van der Waals surface area (Å²) in [7, 11) is 0. The van der Waals surface area contributed by atoms with Crippen LogP contribution in [0.2, 0.25) is 0 Å². The van der Waals surface area contributed by atoms with Crippen LogP contribution in [0.5, 0.6) is 5.75 Å². The van der Waals surface area contributed by atoms with E-state index in [0.717, 1.165) is 31.7 Å². The highest BCUT2D eigenvalue weighted by Crippen LogP contribution is 2.33. The van der Waals surface area contributed by atoms with Gasteiger partial charge in [0.2, 0.25) is 5.91 Å².